The number of esters is 5. The van der Waals surface area contributed by atoms with Gasteiger partial charge in [0.05, 0.1) is 49.4 Å². The molecule has 0 unspecified atom stereocenters. The Bertz CT molecular complexity index is 2990. The number of thioether (sulfide) groups is 1. The van der Waals surface area contributed by atoms with Gasteiger partial charge in [-0.25, -0.2) is 14.4 Å². The molecule has 0 amide bonds. The fourth-order valence-electron chi connectivity index (χ4n) is 8.84. The van der Waals surface area contributed by atoms with Crippen molar-refractivity contribution < 1.29 is 80.9 Å². The standard InChI is InChI=1S/C63H62O17S/c1-41(64)33-35-51(66)71-39-49-53(72-37-43-21-9-3-10-22-43)55(73-38-44-23-11-4-12-24-44)57(77-52(67)36-34-42(2)65)62(75-49)74-40-50-54(78-59(68)45-25-13-5-14-26-45)56(79-60(69)46-27-15-6-16-28-46)58(80-61(70)47-29-17-7-18-30-47)63(76-50)81-48-31-19-8-20-32-48/h3-32,49-50,53-58,62-63H,33-40H2,1-2H3/t49-,50-,53-,54-,55+,56+,57+,58+,62+,63-/m1/s1. The molecule has 8 rings (SSSR count). The molecule has 2 fully saturated rings. The maximum atomic E-state index is 14.4. The zero-order valence-corrected chi connectivity index (χ0v) is 45.4. The summed E-state index contributed by atoms with van der Waals surface area (Å²) < 4.78 is 64.8. The average molecular weight is 1120 g/mol. The molecule has 0 saturated carbocycles. The highest BCUT2D eigenvalue weighted by atomic mass is 32.2. The fourth-order valence-corrected chi connectivity index (χ4v) is 9.97. The van der Waals surface area contributed by atoms with E-state index in [1.165, 1.54) is 38.1 Å². The van der Waals surface area contributed by atoms with Crippen LogP contribution < -0.4 is 0 Å². The molecule has 2 aliphatic rings. The first kappa shape index (κ1) is 59.3. The maximum Gasteiger partial charge on any atom is 0.338 e. The van der Waals surface area contributed by atoms with Gasteiger partial charge in [-0.2, -0.15) is 0 Å². The van der Waals surface area contributed by atoms with Crippen LogP contribution in [0.4, 0.5) is 0 Å². The van der Waals surface area contributed by atoms with E-state index in [2.05, 4.69) is 0 Å². The molecule has 0 radical (unpaired) electrons. The zero-order chi connectivity index (χ0) is 56.9. The lowest BCUT2D eigenvalue weighted by atomic mass is 9.97. The summed E-state index contributed by atoms with van der Waals surface area (Å²) in [6, 6.07) is 51.7. The molecule has 0 aliphatic carbocycles. The van der Waals surface area contributed by atoms with Gasteiger partial charge in [-0.3, -0.25) is 9.59 Å². The van der Waals surface area contributed by atoms with E-state index >= 15 is 0 Å². The summed E-state index contributed by atoms with van der Waals surface area (Å²) >= 11 is 1.14. The summed E-state index contributed by atoms with van der Waals surface area (Å²) in [5.74, 6) is -4.50. The minimum Gasteiger partial charge on any atom is -0.463 e. The van der Waals surface area contributed by atoms with Crippen molar-refractivity contribution in [2.45, 2.75) is 118 Å². The molecule has 0 bridgehead atoms. The van der Waals surface area contributed by atoms with Crippen LogP contribution in [0, 0.1) is 0 Å². The molecule has 422 valence electrons. The molecule has 0 aromatic heterocycles. The minimum absolute atomic E-state index is 0.00464. The van der Waals surface area contributed by atoms with Crippen LogP contribution in [0.25, 0.3) is 0 Å². The molecule has 2 saturated heterocycles. The maximum absolute atomic E-state index is 14.4. The number of ether oxygens (including phenoxy) is 10. The van der Waals surface area contributed by atoms with E-state index in [0.29, 0.717) is 4.90 Å². The van der Waals surface area contributed by atoms with Crippen LogP contribution in [0.3, 0.4) is 0 Å². The number of hydrogen-bond donors (Lipinski definition) is 0. The predicted octanol–water partition coefficient (Wildman–Crippen LogP) is 9.29. The van der Waals surface area contributed by atoms with Gasteiger partial charge in [-0.05, 0) is 73.5 Å². The third kappa shape index (κ3) is 17.6. The molecular formula is C63H62O17S. The number of ketones is 2. The van der Waals surface area contributed by atoms with E-state index < -0.39 is 104 Å². The van der Waals surface area contributed by atoms with E-state index in [0.717, 1.165) is 22.9 Å². The molecular weight excluding hydrogens is 1060 g/mol. The van der Waals surface area contributed by atoms with Gasteiger partial charge in [0, 0.05) is 17.7 Å². The highest BCUT2D eigenvalue weighted by Crippen LogP contribution is 2.40. The second-order valence-electron chi connectivity index (χ2n) is 19.1. The summed E-state index contributed by atoms with van der Waals surface area (Å²) in [5.41, 5.74) is 0.711. The number of carbonyl (C=O) groups excluding carboxylic acids is 7. The third-order valence-corrected chi connectivity index (χ3v) is 14.1. The summed E-state index contributed by atoms with van der Waals surface area (Å²) in [6.07, 6.45) is -13.6. The monoisotopic (exact) mass is 1120 g/mol. The van der Waals surface area contributed by atoms with Gasteiger partial charge in [-0.1, -0.05) is 145 Å². The Hall–Kier alpha value is -7.84. The van der Waals surface area contributed by atoms with E-state index in [4.69, 9.17) is 47.4 Å². The van der Waals surface area contributed by atoms with E-state index in [-0.39, 0.29) is 67.2 Å². The smallest absolute Gasteiger partial charge is 0.338 e. The molecule has 10 atom stereocenters. The third-order valence-electron chi connectivity index (χ3n) is 13.0. The van der Waals surface area contributed by atoms with Crippen LogP contribution in [-0.2, 0) is 79.8 Å². The second kappa shape index (κ2) is 30.1. The summed E-state index contributed by atoms with van der Waals surface area (Å²) in [6.45, 7) is 1.63. The molecule has 0 N–H and O–H groups in total. The van der Waals surface area contributed by atoms with Gasteiger partial charge in [0.2, 0.25) is 0 Å². The lowest BCUT2D eigenvalue weighted by molar-refractivity contribution is -0.327. The Morgan fingerprint density at radius 3 is 1.31 bits per heavy atom. The van der Waals surface area contributed by atoms with E-state index in [1.54, 1.807) is 78.9 Å². The van der Waals surface area contributed by atoms with Gasteiger partial charge >= 0.3 is 29.8 Å². The van der Waals surface area contributed by atoms with Gasteiger partial charge < -0.3 is 57.0 Å². The van der Waals surface area contributed by atoms with Crippen LogP contribution in [0.2, 0.25) is 0 Å². The van der Waals surface area contributed by atoms with Gasteiger partial charge in [-0.15, -0.1) is 0 Å². The normalized spacial score (nSPS) is 22.3. The van der Waals surface area contributed by atoms with Crippen LogP contribution in [0.15, 0.2) is 187 Å². The number of rotatable bonds is 26. The second-order valence-corrected chi connectivity index (χ2v) is 20.3. The van der Waals surface area contributed by atoms with Crippen molar-refractivity contribution in [3.8, 4) is 0 Å². The highest BCUT2D eigenvalue weighted by Gasteiger charge is 2.55. The van der Waals surface area contributed by atoms with Crippen molar-refractivity contribution in [2.75, 3.05) is 13.2 Å². The van der Waals surface area contributed by atoms with Crippen molar-refractivity contribution in [3.05, 3.63) is 210 Å². The Balaban J connectivity index is 1.22. The molecule has 18 heteroatoms. The number of benzene rings is 6. The Kier molecular flexibility index (Phi) is 22.0. The summed E-state index contributed by atoms with van der Waals surface area (Å²) in [7, 11) is 0. The van der Waals surface area contributed by atoms with Gasteiger partial charge in [0.1, 0.15) is 48.0 Å². The number of carbonyl (C=O) groups is 7. The SMILES string of the molecule is CC(=O)CCC(=O)OC[C@H]1O[C@H](OC[C@H]2O[C@H](Sc3ccccc3)[C@@H](OC(=O)c3ccccc3)[C@@H](OC(=O)c3ccccc3)[C@@H]2OC(=O)c2ccccc2)[C@@H](OC(=O)CCC(C)=O)[C@@H](OCc2ccccc2)[C@@H]1OCc1ccccc1. The zero-order valence-electron chi connectivity index (χ0n) is 44.6. The Morgan fingerprint density at radius 2 is 0.815 bits per heavy atom. The molecule has 17 nitrogen and oxygen atoms in total. The first-order chi connectivity index (χ1) is 39.4. The fraction of sp³-hybridized carbons (Fsp3) is 0.317. The molecule has 2 aliphatic heterocycles. The first-order valence-corrected chi connectivity index (χ1v) is 27.3. The molecule has 81 heavy (non-hydrogen) atoms. The van der Waals surface area contributed by atoms with Crippen LogP contribution in [-0.4, -0.2) is 115 Å². The van der Waals surface area contributed by atoms with Crippen molar-refractivity contribution in [3.63, 3.8) is 0 Å². The topological polar surface area (TPSA) is 212 Å². The van der Waals surface area contributed by atoms with Gasteiger partial charge in [0.25, 0.3) is 0 Å². The van der Waals surface area contributed by atoms with Crippen LogP contribution >= 0.6 is 11.8 Å². The van der Waals surface area contributed by atoms with Crippen molar-refractivity contribution >= 4 is 53.2 Å². The van der Waals surface area contributed by atoms with Crippen LogP contribution in [0.5, 0.6) is 0 Å². The molecule has 2 heterocycles. The Labute approximate surface area is 473 Å². The lowest BCUT2D eigenvalue weighted by Crippen LogP contribution is -2.64. The lowest BCUT2D eigenvalue weighted by Gasteiger charge is -2.47. The van der Waals surface area contributed by atoms with E-state index in [1.807, 2.05) is 78.9 Å². The van der Waals surface area contributed by atoms with Crippen molar-refractivity contribution in [2.24, 2.45) is 0 Å². The summed E-state index contributed by atoms with van der Waals surface area (Å²) in [4.78, 5) is 94.9. The number of Topliss-reactive ketones (excluding diaryl/α,β-unsaturated/α-hetero) is 2. The Morgan fingerprint density at radius 1 is 0.395 bits per heavy atom. The summed E-state index contributed by atoms with van der Waals surface area (Å²) in [5, 5.41) is 0. The van der Waals surface area contributed by atoms with Gasteiger partial charge in [0.15, 0.2) is 30.7 Å². The average Bonchev–Trinajstić information content (AvgIpc) is 3.64. The van der Waals surface area contributed by atoms with Crippen molar-refractivity contribution in [1.82, 2.24) is 0 Å². The largest absolute Gasteiger partial charge is 0.463 e. The minimum atomic E-state index is -1.63. The van der Waals surface area contributed by atoms with E-state index in [9.17, 15) is 33.6 Å². The number of hydrogen-bond acceptors (Lipinski definition) is 18. The highest BCUT2D eigenvalue weighted by molar-refractivity contribution is 7.99. The molecule has 6 aromatic rings. The first-order valence-electron chi connectivity index (χ1n) is 26.5. The molecule has 6 aromatic carbocycles. The van der Waals surface area contributed by atoms with Crippen LogP contribution in [0.1, 0.15) is 81.7 Å². The quantitative estimate of drug-likeness (QED) is 0.0366. The van der Waals surface area contributed by atoms with Crippen molar-refractivity contribution in [1.29, 1.82) is 0 Å². The molecule has 0 spiro atoms. The predicted molar refractivity (Wildman–Crippen MR) is 293 cm³/mol.